The fourth-order valence-corrected chi connectivity index (χ4v) is 1.94. The molecule has 1 aromatic carbocycles. The fraction of sp³-hybridized carbons (Fsp3) is 0.462. The second-order valence-electron chi connectivity index (χ2n) is 4.70. The Morgan fingerprint density at radius 2 is 2.17 bits per heavy atom. The second-order valence-corrected chi connectivity index (χ2v) is 5.54. The normalized spacial score (nSPS) is 12.5. The zero-order chi connectivity index (χ0) is 13.7. The average Bonchev–Trinajstić information content (AvgIpc) is 2.29. The van der Waals surface area contributed by atoms with Crippen molar-refractivity contribution in [2.75, 3.05) is 26.0 Å². The molecule has 3 N–H and O–H groups in total. The lowest BCUT2D eigenvalue weighted by atomic mass is 10.1. The maximum absolute atomic E-state index is 6.19. The van der Waals surface area contributed by atoms with Crippen LogP contribution in [0.1, 0.15) is 18.9 Å². The summed E-state index contributed by atoms with van der Waals surface area (Å²) in [5.74, 6) is 0. The molecule has 1 rings (SSSR count). The molecule has 0 saturated heterocycles. The number of nitrogens with two attached hydrogens (primary N) is 1. The first-order valence-electron chi connectivity index (χ1n) is 5.90. The van der Waals surface area contributed by atoms with Crippen molar-refractivity contribution in [2.24, 2.45) is 5.73 Å². The van der Waals surface area contributed by atoms with Gasteiger partial charge in [-0.1, -0.05) is 23.8 Å². The van der Waals surface area contributed by atoms with E-state index in [2.05, 4.69) is 31.2 Å². The monoisotopic (exact) mass is 285 g/mol. The summed E-state index contributed by atoms with van der Waals surface area (Å²) in [6.07, 6.45) is 1.06. The lowest BCUT2D eigenvalue weighted by Gasteiger charge is -2.18. The van der Waals surface area contributed by atoms with E-state index in [0.717, 1.165) is 24.2 Å². The van der Waals surface area contributed by atoms with Crippen LogP contribution in [0.4, 0.5) is 5.69 Å². The minimum Gasteiger partial charge on any atom is -0.389 e. The van der Waals surface area contributed by atoms with Crippen LogP contribution in [-0.2, 0) is 0 Å². The molecule has 1 atom stereocenters. The minimum atomic E-state index is 0.362. The fourth-order valence-electron chi connectivity index (χ4n) is 1.57. The van der Waals surface area contributed by atoms with Crippen LogP contribution in [0, 0.1) is 0 Å². The minimum absolute atomic E-state index is 0.362. The summed E-state index contributed by atoms with van der Waals surface area (Å²) >= 11 is 11.1. The van der Waals surface area contributed by atoms with Crippen molar-refractivity contribution < 1.29 is 0 Å². The number of halogens is 1. The molecule has 3 nitrogen and oxygen atoms in total. The van der Waals surface area contributed by atoms with Gasteiger partial charge in [-0.25, -0.2) is 0 Å². The van der Waals surface area contributed by atoms with E-state index in [4.69, 9.17) is 29.6 Å². The number of nitrogens with zero attached hydrogens (tertiary/aromatic N) is 1. The van der Waals surface area contributed by atoms with Gasteiger partial charge < -0.3 is 16.0 Å². The van der Waals surface area contributed by atoms with Gasteiger partial charge in [-0.15, -0.1) is 0 Å². The molecule has 0 aromatic heterocycles. The summed E-state index contributed by atoms with van der Waals surface area (Å²) in [7, 11) is 4.13. The van der Waals surface area contributed by atoms with Crippen molar-refractivity contribution in [2.45, 2.75) is 19.4 Å². The van der Waals surface area contributed by atoms with Crippen molar-refractivity contribution in [1.82, 2.24) is 4.90 Å². The number of anilines is 1. The van der Waals surface area contributed by atoms with Gasteiger partial charge in [0.1, 0.15) is 4.99 Å². The first kappa shape index (κ1) is 15.2. The predicted octanol–water partition coefficient (Wildman–Crippen LogP) is 2.73. The first-order valence-corrected chi connectivity index (χ1v) is 6.69. The summed E-state index contributed by atoms with van der Waals surface area (Å²) in [6.45, 7) is 3.18. The third-order valence-electron chi connectivity index (χ3n) is 2.66. The molecule has 0 saturated carbocycles. The third kappa shape index (κ3) is 4.80. The summed E-state index contributed by atoms with van der Waals surface area (Å²) in [5, 5.41) is 4.04. The molecule has 0 spiro atoms. The van der Waals surface area contributed by atoms with Gasteiger partial charge in [0.15, 0.2) is 0 Å². The molecule has 0 aliphatic heterocycles. The molecule has 0 amide bonds. The van der Waals surface area contributed by atoms with E-state index in [1.54, 1.807) is 6.07 Å². The van der Waals surface area contributed by atoms with E-state index in [9.17, 15) is 0 Å². The van der Waals surface area contributed by atoms with E-state index in [1.807, 2.05) is 12.1 Å². The van der Waals surface area contributed by atoms with Crippen LogP contribution in [0.3, 0.4) is 0 Å². The Balaban J connectivity index is 2.64. The van der Waals surface area contributed by atoms with E-state index >= 15 is 0 Å². The van der Waals surface area contributed by atoms with Crippen LogP contribution in [0.15, 0.2) is 18.2 Å². The number of hydrogen-bond acceptors (Lipinski definition) is 3. The topological polar surface area (TPSA) is 41.3 Å². The van der Waals surface area contributed by atoms with Crippen LogP contribution in [-0.4, -0.2) is 36.6 Å². The molecule has 5 heteroatoms. The smallest absolute Gasteiger partial charge is 0.104 e. The molecule has 18 heavy (non-hydrogen) atoms. The van der Waals surface area contributed by atoms with Crippen molar-refractivity contribution in [3.05, 3.63) is 28.8 Å². The Morgan fingerprint density at radius 1 is 1.50 bits per heavy atom. The molecule has 1 aromatic rings. The van der Waals surface area contributed by atoms with Crippen molar-refractivity contribution in [3.63, 3.8) is 0 Å². The number of hydrogen-bond donors (Lipinski definition) is 2. The zero-order valence-corrected chi connectivity index (χ0v) is 12.6. The van der Waals surface area contributed by atoms with Gasteiger partial charge in [-0.3, -0.25) is 0 Å². The van der Waals surface area contributed by atoms with Crippen LogP contribution in [0.5, 0.6) is 0 Å². The molecule has 0 heterocycles. The summed E-state index contributed by atoms with van der Waals surface area (Å²) in [5.41, 5.74) is 7.27. The lowest BCUT2D eigenvalue weighted by molar-refractivity contribution is 0.390. The highest BCUT2D eigenvalue weighted by atomic mass is 35.5. The van der Waals surface area contributed by atoms with Crippen molar-refractivity contribution in [1.29, 1.82) is 0 Å². The summed E-state index contributed by atoms with van der Waals surface area (Å²) in [4.78, 5) is 2.53. The van der Waals surface area contributed by atoms with Gasteiger partial charge >= 0.3 is 0 Å². The van der Waals surface area contributed by atoms with Crippen LogP contribution in [0.2, 0.25) is 5.02 Å². The third-order valence-corrected chi connectivity index (χ3v) is 3.21. The Hall–Kier alpha value is -0.840. The molecular weight excluding hydrogens is 266 g/mol. The Labute approximate surface area is 119 Å². The van der Waals surface area contributed by atoms with Gasteiger partial charge in [0, 0.05) is 11.6 Å². The highest BCUT2D eigenvalue weighted by Crippen LogP contribution is 2.24. The van der Waals surface area contributed by atoms with Gasteiger partial charge in [-0.05, 0) is 52.2 Å². The molecule has 0 aliphatic rings. The second kappa shape index (κ2) is 6.92. The van der Waals surface area contributed by atoms with Gasteiger partial charge in [0.2, 0.25) is 0 Å². The first-order chi connectivity index (χ1) is 8.40. The zero-order valence-electron chi connectivity index (χ0n) is 11.0. The van der Waals surface area contributed by atoms with Crippen LogP contribution >= 0.6 is 23.8 Å². The molecule has 1 unspecified atom stereocenters. The highest BCUT2D eigenvalue weighted by Gasteiger charge is 2.07. The largest absolute Gasteiger partial charge is 0.389 e. The van der Waals surface area contributed by atoms with E-state index in [-0.39, 0.29) is 0 Å². The number of benzene rings is 1. The van der Waals surface area contributed by atoms with Gasteiger partial charge in [0.25, 0.3) is 0 Å². The number of rotatable bonds is 6. The molecule has 0 aliphatic carbocycles. The Kier molecular flexibility index (Phi) is 5.85. The van der Waals surface area contributed by atoms with Crippen molar-refractivity contribution in [3.8, 4) is 0 Å². The SMILES string of the molecule is CC(CCN(C)C)Nc1ccc(C(N)=S)cc1Cl. The van der Waals surface area contributed by atoms with Crippen LogP contribution < -0.4 is 11.1 Å². The summed E-state index contributed by atoms with van der Waals surface area (Å²) in [6, 6.07) is 5.96. The molecule has 100 valence electrons. The maximum Gasteiger partial charge on any atom is 0.104 e. The maximum atomic E-state index is 6.19. The number of thiocarbonyl (C=S) groups is 1. The number of nitrogens with one attached hydrogen (secondary N) is 1. The van der Waals surface area contributed by atoms with Gasteiger partial charge in [-0.2, -0.15) is 0 Å². The van der Waals surface area contributed by atoms with Crippen molar-refractivity contribution >= 4 is 34.5 Å². The molecule has 0 fully saturated rings. The average molecular weight is 286 g/mol. The lowest BCUT2D eigenvalue weighted by Crippen LogP contribution is -2.23. The standard InChI is InChI=1S/C13H20ClN3S/c1-9(6-7-17(2)3)16-12-5-4-10(13(15)18)8-11(12)14/h4-5,8-9,16H,6-7H2,1-3H3,(H2,15,18). The van der Waals surface area contributed by atoms with E-state index in [1.165, 1.54) is 0 Å². The molecule has 0 bridgehead atoms. The quantitative estimate of drug-likeness (QED) is 0.789. The van der Waals surface area contributed by atoms with Crippen LogP contribution in [0.25, 0.3) is 0 Å². The predicted molar refractivity (Wildman–Crippen MR) is 83.6 cm³/mol. The molecule has 0 radical (unpaired) electrons. The van der Waals surface area contributed by atoms with Gasteiger partial charge in [0.05, 0.1) is 10.7 Å². The Morgan fingerprint density at radius 3 is 2.67 bits per heavy atom. The van der Waals surface area contributed by atoms with E-state index in [0.29, 0.717) is 16.1 Å². The van der Waals surface area contributed by atoms with E-state index < -0.39 is 0 Å². The molecular formula is C13H20ClN3S. The Bertz CT molecular complexity index is 421. The highest BCUT2D eigenvalue weighted by molar-refractivity contribution is 7.80. The summed E-state index contributed by atoms with van der Waals surface area (Å²) < 4.78 is 0.